The highest BCUT2D eigenvalue weighted by Crippen LogP contribution is 2.76. The van der Waals surface area contributed by atoms with E-state index in [4.69, 9.17) is 14.2 Å². The Morgan fingerprint density at radius 2 is 1.40 bits per heavy atom. The molecule has 9 nitrogen and oxygen atoms in total. The average Bonchev–Trinajstić information content (AvgIpc) is 3.08. The van der Waals surface area contributed by atoms with Crippen molar-refractivity contribution in [2.45, 2.75) is 125 Å². The summed E-state index contributed by atoms with van der Waals surface area (Å²) in [4.78, 5) is 38.4. The summed E-state index contributed by atoms with van der Waals surface area (Å²) in [5.41, 5.74) is -2.73. The minimum absolute atomic E-state index is 0.00842. The molecule has 52 heavy (non-hydrogen) atoms. The van der Waals surface area contributed by atoms with Crippen LogP contribution in [0.1, 0.15) is 100 Å². The topological polar surface area (TPSA) is 140 Å². The fraction of sp³-hybridized carbons (Fsp3) is 0.698. The molecular weight excluding hydrogens is 660 g/mol. The molecule has 0 aromatic heterocycles. The van der Waals surface area contributed by atoms with E-state index >= 15 is 0 Å². The predicted molar refractivity (Wildman–Crippen MR) is 198 cm³/mol. The Balaban J connectivity index is 1.63. The summed E-state index contributed by atoms with van der Waals surface area (Å²) in [5.74, 6) is -1.87. The lowest BCUT2D eigenvalue weighted by Gasteiger charge is -2.72. The van der Waals surface area contributed by atoms with E-state index in [9.17, 15) is 29.7 Å². The van der Waals surface area contributed by atoms with Crippen LogP contribution >= 0.6 is 0 Å². The summed E-state index contributed by atoms with van der Waals surface area (Å²) in [5, 5.41) is 36.1. The predicted octanol–water partition coefficient (Wildman–Crippen LogP) is 6.57. The van der Waals surface area contributed by atoms with Crippen molar-refractivity contribution in [1.82, 2.24) is 0 Å². The monoisotopic (exact) mass is 722 g/mol. The summed E-state index contributed by atoms with van der Waals surface area (Å²) in [6.45, 7) is 20.1. The lowest BCUT2D eigenvalue weighted by molar-refractivity contribution is -0.262. The Morgan fingerprint density at radius 3 is 2.00 bits per heavy atom. The fourth-order valence-electron chi connectivity index (χ4n) is 12.0. The van der Waals surface area contributed by atoms with Crippen LogP contribution in [-0.2, 0) is 28.6 Å². The smallest absolute Gasteiger partial charge is 0.330 e. The molecule has 12 atom stereocenters. The first-order valence-electron chi connectivity index (χ1n) is 19.2. The summed E-state index contributed by atoms with van der Waals surface area (Å²) >= 11 is 0. The number of fused-ring (bicyclic) bond motifs is 7. The van der Waals surface area contributed by atoms with Crippen LogP contribution in [-0.4, -0.2) is 70.9 Å². The minimum Gasteiger partial charge on any atom is -0.462 e. The average molecular weight is 723 g/mol. The molecule has 0 saturated heterocycles. The molecule has 0 radical (unpaired) electrons. The molecule has 0 heterocycles. The van der Waals surface area contributed by atoms with Crippen molar-refractivity contribution >= 4 is 17.9 Å². The zero-order chi connectivity index (χ0) is 38.5. The Hall–Kier alpha value is -3.01. The van der Waals surface area contributed by atoms with Crippen LogP contribution in [0.3, 0.4) is 0 Å². The third kappa shape index (κ3) is 5.97. The summed E-state index contributed by atoms with van der Waals surface area (Å²) in [6, 6.07) is 0. The van der Waals surface area contributed by atoms with E-state index in [1.54, 1.807) is 39.0 Å². The Bertz CT molecular complexity index is 1540. The second kappa shape index (κ2) is 14.3. The Kier molecular flexibility index (Phi) is 11.1. The van der Waals surface area contributed by atoms with Gasteiger partial charge in [-0.05, 0) is 105 Å². The summed E-state index contributed by atoms with van der Waals surface area (Å²) in [7, 11) is 0. The van der Waals surface area contributed by atoms with Gasteiger partial charge in [-0.15, -0.1) is 6.58 Å². The van der Waals surface area contributed by atoms with Gasteiger partial charge in [-0.3, -0.25) is 0 Å². The summed E-state index contributed by atoms with van der Waals surface area (Å²) < 4.78 is 17.7. The number of carbonyl (C=O) groups is 3. The van der Waals surface area contributed by atoms with Crippen LogP contribution in [0.4, 0.5) is 0 Å². The molecule has 3 N–H and O–H groups in total. The maximum atomic E-state index is 13.1. The van der Waals surface area contributed by atoms with Gasteiger partial charge in [0, 0.05) is 23.6 Å². The van der Waals surface area contributed by atoms with Crippen molar-refractivity contribution in [2.75, 3.05) is 13.2 Å². The zero-order valence-electron chi connectivity index (χ0n) is 32.5. The first-order chi connectivity index (χ1) is 24.4. The first-order valence-corrected chi connectivity index (χ1v) is 19.2. The second-order valence-corrected chi connectivity index (χ2v) is 17.8. The summed E-state index contributed by atoms with van der Waals surface area (Å²) in [6.07, 6.45) is 13.7. The number of aliphatic hydroxyl groups is 3. The third-order valence-corrected chi connectivity index (χ3v) is 15.0. The molecule has 0 aliphatic heterocycles. The van der Waals surface area contributed by atoms with Crippen LogP contribution in [0.15, 0.2) is 60.8 Å². The highest BCUT2D eigenvalue weighted by atomic mass is 16.6. The van der Waals surface area contributed by atoms with Crippen molar-refractivity contribution < 1.29 is 43.9 Å². The molecule has 5 aliphatic carbocycles. The van der Waals surface area contributed by atoms with E-state index in [0.29, 0.717) is 19.3 Å². The highest BCUT2D eigenvalue weighted by molar-refractivity contribution is 5.83. The quantitative estimate of drug-likeness (QED) is 0.104. The van der Waals surface area contributed by atoms with Gasteiger partial charge in [0.2, 0.25) is 0 Å². The number of aliphatic hydroxyl groups excluding tert-OH is 3. The number of carbonyl (C=O) groups excluding carboxylic acids is 3. The van der Waals surface area contributed by atoms with Crippen molar-refractivity contribution in [1.29, 1.82) is 0 Å². The number of hydrogen-bond donors (Lipinski definition) is 3. The lowest BCUT2D eigenvalue weighted by Crippen LogP contribution is -2.72. The zero-order valence-corrected chi connectivity index (χ0v) is 32.5. The molecule has 0 aromatic carbocycles. The molecular formula is C43H62O9. The van der Waals surface area contributed by atoms with Crippen LogP contribution < -0.4 is 0 Å². The molecule has 0 bridgehead atoms. The van der Waals surface area contributed by atoms with Gasteiger partial charge in [0.05, 0.1) is 30.3 Å². The van der Waals surface area contributed by atoms with Crippen LogP contribution in [0, 0.1) is 50.2 Å². The van der Waals surface area contributed by atoms with Crippen molar-refractivity contribution in [2.24, 2.45) is 50.2 Å². The van der Waals surface area contributed by atoms with E-state index in [0.717, 1.165) is 31.3 Å². The first kappa shape index (κ1) is 40.2. The van der Waals surface area contributed by atoms with Crippen molar-refractivity contribution in [3.8, 4) is 0 Å². The van der Waals surface area contributed by atoms with Gasteiger partial charge < -0.3 is 29.5 Å². The number of esters is 3. The van der Waals surface area contributed by atoms with E-state index in [-0.39, 0.29) is 41.8 Å². The molecule has 4 saturated carbocycles. The number of hydrogen-bond acceptors (Lipinski definition) is 9. The Labute approximate surface area is 310 Å². The molecule has 288 valence electrons. The Morgan fingerprint density at radius 1 is 0.808 bits per heavy atom. The van der Waals surface area contributed by atoms with Gasteiger partial charge in [0.25, 0.3) is 0 Å². The van der Waals surface area contributed by atoms with Crippen LogP contribution in [0.5, 0.6) is 0 Å². The van der Waals surface area contributed by atoms with Gasteiger partial charge in [-0.25, -0.2) is 14.4 Å². The van der Waals surface area contributed by atoms with Gasteiger partial charge >= 0.3 is 17.9 Å². The number of ether oxygens (including phenoxy) is 3. The van der Waals surface area contributed by atoms with Gasteiger partial charge in [0.1, 0.15) is 12.7 Å². The normalized spacial score (nSPS) is 43.8. The van der Waals surface area contributed by atoms with Crippen molar-refractivity contribution in [3.63, 3.8) is 0 Å². The van der Waals surface area contributed by atoms with Crippen LogP contribution in [0.25, 0.3) is 0 Å². The van der Waals surface area contributed by atoms with E-state index < -0.39 is 64.0 Å². The number of rotatable bonds is 9. The molecule has 5 aliphatic rings. The minimum atomic E-state index is -1.30. The standard InChI is InChI=1S/C43H62O9/c1-10-14-33(46)50-25-39(7)29-19-21-40(8)30(42(29,13-4)22-20-31(39)44)18-17-27-28-23-38(5,6)36(49)37(52-35(48)16-12-3)43(28,26-51-34(47)15-11-2)32(45)24-41(27,40)9/h10-17,28-32,36-37,44-45,49H,4,18-26H2,1-3,5-9H3/b14-10+,15-11+,16-12+/t28?,29?,30?,31-,32+,36-,37-,39+,40+,41+,42-,43-/m0/s1. The third-order valence-electron chi connectivity index (χ3n) is 15.0. The molecule has 0 spiro atoms. The fourth-order valence-corrected chi connectivity index (χ4v) is 12.0. The lowest BCUT2D eigenvalue weighted by atomic mass is 9.32. The molecule has 5 rings (SSSR count). The molecule has 3 unspecified atom stereocenters. The molecule has 9 heteroatoms. The second-order valence-electron chi connectivity index (χ2n) is 17.8. The molecule has 4 fully saturated rings. The number of allylic oxidation sites excluding steroid dienone is 6. The van der Waals surface area contributed by atoms with Gasteiger partial charge in [-0.1, -0.05) is 70.6 Å². The highest BCUT2D eigenvalue weighted by Gasteiger charge is 2.74. The van der Waals surface area contributed by atoms with E-state index in [2.05, 4.69) is 39.5 Å². The van der Waals surface area contributed by atoms with Crippen molar-refractivity contribution in [3.05, 3.63) is 60.8 Å². The largest absolute Gasteiger partial charge is 0.462 e. The van der Waals surface area contributed by atoms with Crippen LogP contribution in [0.2, 0.25) is 0 Å². The van der Waals surface area contributed by atoms with E-state index in [1.807, 2.05) is 13.8 Å². The SMILES string of the molecule is C=C[C@]12CC[C@H](O)[C@](C)(COC(=O)/C=C/C)C1CC[C@]1(C)C2CC=C2C3CC(C)(C)[C@@H](O)[C@H](OC(=O)/C=C/C)[C@]3(COC(=O)/C=C/C)[C@H](O)C[C@]21C. The van der Waals surface area contributed by atoms with Gasteiger partial charge in [0.15, 0.2) is 0 Å². The van der Waals surface area contributed by atoms with Gasteiger partial charge in [-0.2, -0.15) is 0 Å². The maximum absolute atomic E-state index is 13.1. The molecule has 0 amide bonds. The maximum Gasteiger partial charge on any atom is 0.330 e. The van der Waals surface area contributed by atoms with E-state index in [1.165, 1.54) is 18.2 Å². The molecule has 0 aromatic rings.